The predicted octanol–water partition coefficient (Wildman–Crippen LogP) is 1.37. The maximum absolute atomic E-state index is 13.6. The lowest BCUT2D eigenvalue weighted by molar-refractivity contribution is 0.305. The van der Waals surface area contributed by atoms with Gasteiger partial charge in [-0.2, -0.15) is 0 Å². The van der Waals surface area contributed by atoms with E-state index in [1.165, 1.54) is 18.2 Å². The summed E-state index contributed by atoms with van der Waals surface area (Å²) in [6.45, 7) is 1.49. The molecule has 0 saturated heterocycles. The van der Waals surface area contributed by atoms with E-state index < -0.39 is 15.7 Å². The highest BCUT2D eigenvalue weighted by Crippen LogP contribution is 2.16. The number of benzene rings is 1. The first kappa shape index (κ1) is 16.5. The molecule has 4 nitrogen and oxygen atoms in total. The first-order valence-corrected chi connectivity index (χ1v) is 8.03. The SMILES string of the molecule is CCS(=O)(=O)CCOc1ccc(C#CCCO)c(F)c1. The zero-order valence-electron chi connectivity index (χ0n) is 11.2. The lowest BCUT2D eigenvalue weighted by Crippen LogP contribution is -2.15. The summed E-state index contributed by atoms with van der Waals surface area (Å²) >= 11 is 0. The Hall–Kier alpha value is -1.58. The van der Waals surface area contributed by atoms with Crippen molar-refractivity contribution in [1.29, 1.82) is 0 Å². The summed E-state index contributed by atoms with van der Waals surface area (Å²) in [4.78, 5) is 0. The van der Waals surface area contributed by atoms with Crippen LogP contribution in [-0.4, -0.2) is 38.2 Å². The molecule has 0 aliphatic rings. The van der Waals surface area contributed by atoms with Gasteiger partial charge in [-0.15, -0.1) is 0 Å². The van der Waals surface area contributed by atoms with Gasteiger partial charge in [0, 0.05) is 18.2 Å². The largest absolute Gasteiger partial charge is 0.492 e. The average molecular weight is 300 g/mol. The minimum atomic E-state index is -3.09. The fourth-order valence-electron chi connectivity index (χ4n) is 1.33. The molecular formula is C14H17FO4S. The van der Waals surface area contributed by atoms with Crippen LogP contribution < -0.4 is 4.74 Å². The Kier molecular flexibility index (Phi) is 6.49. The maximum Gasteiger partial charge on any atom is 0.153 e. The highest BCUT2D eigenvalue weighted by atomic mass is 32.2. The van der Waals surface area contributed by atoms with Crippen LogP contribution in [0.3, 0.4) is 0 Å². The van der Waals surface area contributed by atoms with E-state index >= 15 is 0 Å². The third-order valence-electron chi connectivity index (χ3n) is 2.50. The molecule has 110 valence electrons. The van der Waals surface area contributed by atoms with Gasteiger partial charge in [0.25, 0.3) is 0 Å². The standard InChI is InChI=1S/C14H17FO4S/c1-2-20(17,18)10-9-19-13-7-6-12(14(15)11-13)5-3-4-8-16/h6-7,11,16H,2,4,8-10H2,1H3. The molecule has 0 spiro atoms. The smallest absolute Gasteiger partial charge is 0.153 e. The molecule has 1 N–H and O–H groups in total. The summed E-state index contributed by atoms with van der Waals surface area (Å²) in [5.41, 5.74) is 0.215. The number of ether oxygens (including phenoxy) is 1. The second kappa shape index (κ2) is 7.88. The average Bonchev–Trinajstić information content (AvgIpc) is 2.41. The number of halogens is 1. The van der Waals surface area contributed by atoms with Gasteiger partial charge in [0.2, 0.25) is 0 Å². The van der Waals surface area contributed by atoms with Crippen LogP contribution in [0.2, 0.25) is 0 Å². The van der Waals surface area contributed by atoms with Gasteiger partial charge in [-0.1, -0.05) is 18.8 Å². The van der Waals surface area contributed by atoms with E-state index in [2.05, 4.69) is 11.8 Å². The van der Waals surface area contributed by atoms with Crippen molar-refractivity contribution >= 4 is 9.84 Å². The van der Waals surface area contributed by atoms with Crippen molar-refractivity contribution in [1.82, 2.24) is 0 Å². The van der Waals surface area contributed by atoms with Gasteiger partial charge >= 0.3 is 0 Å². The molecule has 0 fully saturated rings. The summed E-state index contributed by atoms with van der Waals surface area (Å²) in [7, 11) is -3.09. The minimum Gasteiger partial charge on any atom is -0.492 e. The van der Waals surface area contributed by atoms with Crippen LogP contribution in [0.4, 0.5) is 4.39 Å². The van der Waals surface area contributed by atoms with Crippen molar-refractivity contribution in [2.75, 3.05) is 24.7 Å². The van der Waals surface area contributed by atoms with E-state index in [1.807, 2.05) is 0 Å². The summed E-state index contributed by atoms with van der Waals surface area (Å²) in [5.74, 6) is 4.91. The van der Waals surface area contributed by atoms with E-state index in [1.54, 1.807) is 6.92 Å². The van der Waals surface area contributed by atoms with Crippen LogP contribution >= 0.6 is 0 Å². The molecule has 0 amide bonds. The van der Waals surface area contributed by atoms with Gasteiger partial charge in [-0.3, -0.25) is 0 Å². The van der Waals surface area contributed by atoms with Crippen LogP contribution in [0.5, 0.6) is 5.75 Å². The molecule has 0 radical (unpaired) electrons. The first-order chi connectivity index (χ1) is 9.48. The van der Waals surface area contributed by atoms with Crippen LogP contribution in [0.1, 0.15) is 18.9 Å². The van der Waals surface area contributed by atoms with Crippen LogP contribution in [0.25, 0.3) is 0 Å². The van der Waals surface area contributed by atoms with Crippen LogP contribution in [0.15, 0.2) is 18.2 Å². The van der Waals surface area contributed by atoms with Crippen LogP contribution in [0, 0.1) is 17.7 Å². The molecule has 0 saturated carbocycles. The fraction of sp³-hybridized carbons (Fsp3) is 0.429. The number of aliphatic hydroxyl groups excluding tert-OH is 1. The molecule has 1 aromatic carbocycles. The summed E-state index contributed by atoms with van der Waals surface area (Å²) in [5, 5.41) is 8.58. The summed E-state index contributed by atoms with van der Waals surface area (Å²) < 4.78 is 41.4. The third kappa shape index (κ3) is 5.59. The van der Waals surface area contributed by atoms with Gasteiger partial charge in [-0.25, -0.2) is 12.8 Å². The monoisotopic (exact) mass is 300 g/mol. The topological polar surface area (TPSA) is 63.6 Å². The zero-order chi connectivity index (χ0) is 15.0. The van der Waals surface area contributed by atoms with Gasteiger partial charge in [0.05, 0.1) is 17.9 Å². The van der Waals surface area contributed by atoms with Crippen molar-refractivity contribution in [2.45, 2.75) is 13.3 Å². The van der Waals surface area contributed by atoms with Crippen molar-refractivity contribution in [3.63, 3.8) is 0 Å². The quantitative estimate of drug-likeness (QED) is 0.806. The molecule has 0 atom stereocenters. The highest BCUT2D eigenvalue weighted by molar-refractivity contribution is 7.91. The Morgan fingerprint density at radius 1 is 1.40 bits per heavy atom. The second-order valence-electron chi connectivity index (χ2n) is 4.00. The van der Waals surface area contributed by atoms with Gasteiger partial charge in [0.15, 0.2) is 9.84 Å². The van der Waals surface area contributed by atoms with Crippen molar-refractivity contribution in [3.05, 3.63) is 29.6 Å². The molecule has 6 heteroatoms. The third-order valence-corrected chi connectivity index (χ3v) is 4.17. The summed E-state index contributed by atoms with van der Waals surface area (Å²) in [6, 6.07) is 4.16. The molecule has 0 aliphatic carbocycles. The predicted molar refractivity (Wildman–Crippen MR) is 74.8 cm³/mol. The molecule has 20 heavy (non-hydrogen) atoms. The van der Waals surface area contributed by atoms with E-state index in [-0.39, 0.29) is 42.5 Å². The Morgan fingerprint density at radius 3 is 2.75 bits per heavy atom. The number of hydrogen-bond acceptors (Lipinski definition) is 4. The zero-order valence-corrected chi connectivity index (χ0v) is 12.0. The Morgan fingerprint density at radius 2 is 2.15 bits per heavy atom. The molecule has 0 aliphatic heterocycles. The minimum absolute atomic E-state index is 0.00878. The maximum atomic E-state index is 13.6. The number of hydrogen-bond donors (Lipinski definition) is 1. The fourth-order valence-corrected chi connectivity index (χ4v) is 1.96. The summed E-state index contributed by atoms with van der Waals surface area (Å²) in [6.07, 6.45) is 0.284. The molecule has 0 bridgehead atoms. The van der Waals surface area contributed by atoms with Crippen LogP contribution in [-0.2, 0) is 9.84 Å². The van der Waals surface area contributed by atoms with E-state index in [0.29, 0.717) is 0 Å². The van der Waals surface area contributed by atoms with E-state index in [4.69, 9.17) is 9.84 Å². The Labute approximate surface area is 118 Å². The van der Waals surface area contributed by atoms with Crippen molar-refractivity contribution in [3.8, 4) is 17.6 Å². The van der Waals surface area contributed by atoms with Gasteiger partial charge in [-0.05, 0) is 12.1 Å². The van der Waals surface area contributed by atoms with Gasteiger partial charge < -0.3 is 9.84 Å². The molecule has 0 heterocycles. The number of rotatable bonds is 6. The number of aliphatic hydroxyl groups is 1. The normalized spacial score (nSPS) is 10.8. The van der Waals surface area contributed by atoms with E-state index in [0.717, 1.165) is 0 Å². The van der Waals surface area contributed by atoms with Crippen molar-refractivity contribution in [2.24, 2.45) is 0 Å². The molecule has 0 aromatic heterocycles. The second-order valence-corrected chi connectivity index (χ2v) is 6.47. The molecule has 1 rings (SSSR count). The molecule has 0 unspecified atom stereocenters. The lowest BCUT2D eigenvalue weighted by atomic mass is 10.2. The Bertz CT molecular complexity index is 599. The number of sulfone groups is 1. The van der Waals surface area contributed by atoms with E-state index in [9.17, 15) is 12.8 Å². The lowest BCUT2D eigenvalue weighted by Gasteiger charge is -2.06. The highest BCUT2D eigenvalue weighted by Gasteiger charge is 2.08. The first-order valence-electron chi connectivity index (χ1n) is 6.21. The van der Waals surface area contributed by atoms with Gasteiger partial charge in [0.1, 0.15) is 18.2 Å². The molecule has 1 aromatic rings. The van der Waals surface area contributed by atoms with Crippen molar-refractivity contribution < 1.29 is 22.7 Å². The Balaban J connectivity index is 2.62. The molecular weight excluding hydrogens is 283 g/mol.